The van der Waals surface area contributed by atoms with E-state index in [1.165, 1.54) is 49.5 Å². The van der Waals surface area contributed by atoms with E-state index in [2.05, 4.69) is 147 Å². The molecule has 0 amide bonds. The van der Waals surface area contributed by atoms with Gasteiger partial charge in [0, 0.05) is 32.9 Å². The lowest BCUT2D eigenvalue weighted by atomic mass is 9.77. The number of aromatic nitrogens is 2. The van der Waals surface area contributed by atoms with Crippen molar-refractivity contribution < 1.29 is 4.42 Å². The van der Waals surface area contributed by atoms with Crippen molar-refractivity contribution in [2.45, 2.75) is 19.3 Å². The van der Waals surface area contributed by atoms with Gasteiger partial charge < -0.3 is 4.42 Å². The van der Waals surface area contributed by atoms with E-state index >= 15 is 0 Å². The molecule has 10 aromatic rings. The second-order valence-electron chi connectivity index (χ2n) is 14.9. The predicted molar refractivity (Wildman–Crippen MR) is 224 cm³/mol. The second kappa shape index (κ2) is 11.6. The fraction of sp³-hybridized carbons (Fsp3) is 0.0588. The molecule has 0 unspecified atom stereocenters. The summed E-state index contributed by atoms with van der Waals surface area (Å²) in [5.41, 5.74) is 14.3. The Bertz CT molecular complexity index is 3130. The van der Waals surface area contributed by atoms with Gasteiger partial charge in [0.25, 0.3) is 0 Å². The third kappa shape index (κ3) is 4.48. The van der Waals surface area contributed by atoms with Gasteiger partial charge in [-0.2, -0.15) is 0 Å². The molecule has 11 rings (SSSR count). The van der Waals surface area contributed by atoms with Crippen LogP contribution in [0.1, 0.15) is 25.0 Å². The third-order valence-electron chi connectivity index (χ3n) is 11.5. The van der Waals surface area contributed by atoms with Crippen LogP contribution in [0.15, 0.2) is 174 Å². The van der Waals surface area contributed by atoms with E-state index in [0.29, 0.717) is 5.82 Å². The Balaban J connectivity index is 1.13. The highest BCUT2D eigenvalue weighted by atomic mass is 16.3. The molecule has 3 nitrogen and oxygen atoms in total. The number of benzene rings is 8. The van der Waals surface area contributed by atoms with Crippen molar-refractivity contribution in [3.05, 3.63) is 181 Å². The summed E-state index contributed by atoms with van der Waals surface area (Å²) in [6, 6.07) is 60.4. The second-order valence-corrected chi connectivity index (χ2v) is 14.9. The number of furan rings is 1. The number of para-hydroxylation sites is 1. The number of nitrogens with zero attached hydrogens (tertiary/aromatic N) is 2. The monoisotopic (exact) mass is 690 g/mol. The van der Waals surface area contributed by atoms with Crippen molar-refractivity contribution in [3.8, 4) is 56.2 Å². The average molecular weight is 691 g/mol. The lowest BCUT2D eigenvalue weighted by Crippen LogP contribution is -2.17. The van der Waals surface area contributed by atoms with Gasteiger partial charge in [0.1, 0.15) is 11.2 Å². The van der Waals surface area contributed by atoms with Crippen LogP contribution in [0, 0.1) is 0 Å². The first-order valence-corrected chi connectivity index (χ1v) is 18.6. The summed E-state index contributed by atoms with van der Waals surface area (Å²) >= 11 is 0. The fourth-order valence-electron chi connectivity index (χ4n) is 9.15. The normalized spacial score (nSPS) is 13.1. The van der Waals surface area contributed by atoms with E-state index in [1.54, 1.807) is 0 Å². The third-order valence-corrected chi connectivity index (χ3v) is 11.5. The minimum Gasteiger partial charge on any atom is -0.456 e. The molecule has 1 aliphatic carbocycles. The molecule has 8 aromatic carbocycles. The van der Waals surface area contributed by atoms with Crippen molar-refractivity contribution in [2.24, 2.45) is 0 Å². The van der Waals surface area contributed by atoms with Gasteiger partial charge in [0.05, 0.1) is 11.4 Å². The van der Waals surface area contributed by atoms with Gasteiger partial charge in [-0.1, -0.05) is 166 Å². The van der Waals surface area contributed by atoms with Crippen LogP contribution in [-0.4, -0.2) is 9.97 Å². The maximum atomic E-state index is 6.30. The summed E-state index contributed by atoms with van der Waals surface area (Å²) in [6.07, 6.45) is 0. The van der Waals surface area contributed by atoms with Crippen LogP contribution < -0.4 is 0 Å². The number of hydrogen-bond donors (Lipinski definition) is 0. The molecule has 1 aliphatic rings. The molecule has 0 spiro atoms. The SMILES string of the molecule is CC1(C)c2c(cccc2-c2ccc(-c3cc(-c4cccc5oc6ccccc6c45)nc(-c4ccccc4)n3)c3ccccc23)-c2ccc3ccccc3c21. The summed E-state index contributed by atoms with van der Waals surface area (Å²) in [5, 5.41) is 7.10. The largest absolute Gasteiger partial charge is 0.456 e. The van der Waals surface area contributed by atoms with Gasteiger partial charge in [-0.05, 0) is 73.1 Å². The fourth-order valence-corrected chi connectivity index (χ4v) is 9.15. The van der Waals surface area contributed by atoms with Crippen LogP contribution in [0.25, 0.3) is 99.6 Å². The maximum absolute atomic E-state index is 6.30. The highest BCUT2D eigenvalue weighted by Crippen LogP contribution is 2.55. The summed E-state index contributed by atoms with van der Waals surface area (Å²) in [5.74, 6) is 0.689. The van der Waals surface area contributed by atoms with E-state index in [9.17, 15) is 0 Å². The topological polar surface area (TPSA) is 38.9 Å². The standard InChI is InChI=1S/C51H34N2O/c1-51(2)48-33-17-7-6-14-31(33)26-27-40(48)39-22-12-21-38(49(39)51)36-28-29-37(35-19-9-8-18-34(35)36)43-30-44(53-50(52-43)32-15-4-3-5-16-32)41-23-13-25-46-47(41)42-20-10-11-24-45(42)54-46/h3-30H,1-2H3. The molecule has 54 heavy (non-hydrogen) atoms. The molecule has 254 valence electrons. The molecule has 0 saturated heterocycles. The maximum Gasteiger partial charge on any atom is 0.160 e. The Morgan fingerprint density at radius 1 is 0.407 bits per heavy atom. The van der Waals surface area contributed by atoms with Crippen molar-refractivity contribution in [1.29, 1.82) is 0 Å². The molecule has 0 saturated carbocycles. The summed E-state index contributed by atoms with van der Waals surface area (Å²) in [6.45, 7) is 4.78. The quantitative estimate of drug-likeness (QED) is 0.184. The van der Waals surface area contributed by atoms with E-state index < -0.39 is 0 Å². The van der Waals surface area contributed by atoms with Gasteiger partial charge in [0.15, 0.2) is 5.82 Å². The predicted octanol–water partition coefficient (Wildman–Crippen LogP) is 13.7. The average Bonchev–Trinajstić information content (AvgIpc) is 3.73. The molecule has 0 N–H and O–H groups in total. The summed E-state index contributed by atoms with van der Waals surface area (Å²) < 4.78 is 6.30. The Morgan fingerprint density at radius 3 is 1.78 bits per heavy atom. The number of rotatable bonds is 4. The van der Waals surface area contributed by atoms with E-state index in [1.807, 2.05) is 36.4 Å². The molecule has 0 aliphatic heterocycles. The van der Waals surface area contributed by atoms with Crippen LogP contribution in [-0.2, 0) is 5.41 Å². The van der Waals surface area contributed by atoms with Crippen LogP contribution in [0.4, 0.5) is 0 Å². The van der Waals surface area contributed by atoms with Crippen molar-refractivity contribution >= 4 is 43.5 Å². The first kappa shape index (κ1) is 30.8. The van der Waals surface area contributed by atoms with Crippen LogP contribution in [0.5, 0.6) is 0 Å². The van der Waals surface area contributed by atoms with Crippen molar-refractivity contribution in [2.75, 3.05) is 0 Å². The highest BCUT2D eigenvalue weighted by molar-refractivity contribution is 6.13. The minimum atomic E-state index is -0.188. The highest BCUT2D eigenvalue weighted by Gasteiger charge is 2.39. The Morgan fingerprint density at radius 2 is 0.963 bits per heavy atom. The lowest BCUT2D eigenvalue weighted by Gasteiger charge is -2.26. The van der Waals surface area contributed by atoms with Crippen molar-refractivity contribution in [1.82, 2.24) is 9.97 Å². The van der Waals surface area contributed by atoms with Crippen LogP contribution in [0.3, 0.4) is 0 Å². The summed E-state index contributed by atoms with van der Waals surface area (Å²) in [4.78, 5) is 10.5. The zero-order valence-electron chi connectivity index (χ0n) is 30.0. The zero-order valence-corrected chi connectivity index (χ0v) is 30.0. The summed E-state index contributed by atoms with van der Waals surface area (Å²) in [7, 11) is 0. The molecule has 0 bridgehead atoms. The number of fused-ring (bicyclic) bond motifs is 9. The van der Waals surface area contributed by atoms with Crippen LogP contribution >= 0.6 is 0 Å². The first-order chi connectivity index (χ1) is 26.5. The van der Waals surface area contributed by atoms with Gasteiger partial charge in [-0.25, -0.2) is 9.97 Å². The number of hydrogen-bond acceptors (Lipinski definition) is 3. The van der Waals surface area contributed by atoms with Gasteiger partial charge >= 0.3 is 0 Å². The van der Waals surface area contributed by atoms with E-state index in [0.717, 1.165) is 55.4 Å². The van der Waals surface area contributed by atoms with Gasteiger partial charge in [-0.3, -0.25) is 0 Å². The van der Waals surface area contributed by atoms with Crippen molar-refractivity contribution in [3.63, 3.8) is 0 Å². The van der Waals surface area contributed by atoms with Gasteiger partial charge in [0.2, 0.25) is 0 Å². The minimum absolute atomic E-state index is 0.188. The Kier molecular flexibility index (Phi) is 6.60. The smallest absolute Gasteiger partial charge is 0.160 e. The molecular weight excluding hydrogens is 657 g/mol. The first-order valence-electron chi connectivity index (χ1n) is 18.6. The lowest BCUT2D eigenvalue weighted by molar-refractivity contribution is 0.668. The molecule has 2 aromatic heterocycles. The Labute approximate surface area is 313 Å². The molecule has 0 fully saturated rings. The molecule has 0 atom stereocenters. The van der Waals surface area contributed by atoms with E-state index in [4.69, 9.17) is 14.4 Å². The zero-order chi connectivity index (χ0) is 36.0. The molecule has 0 radical (unpaired) electrons. The van der Waals surface area contributed by atoms with Crippen LogP contribution in [0.2, 0.25) is 0 Å². The molecular formula is C51H34N2O. The Hall–Kier alpha value is -6.84. The van der Waals surface area contributed by atoms with Gasteiger partial charge in [-0.15, -0.1) is 0 Å². The molecule has 2 heterocycles. The molecule has 3 heteroatoms. The van der Waals surface area contributed by atoms with E-state index in [-0.39, 0.29) is 5.41 Å².